The maximum absolute atomic E-state index is 10.6. The molecule has 0 spiro atoms. The highest BCUT2D eigenvalue weighted by atomic mass is 16.8. The van der Waals surface area contributed by atoms with Crippen molar-refractivity contribution < 1.29 is 52.9 Å². The highest BCUT2D eigenvalue weighted by Crippen LogP contribution is 2.30. The number of nitrogen functional groups attached to an aromatic ring is 1. The molecule has 0 amide bonds. The average molecular weight is 1230 g/mol. The molecule has 0 saturated carbocycles. The van der Waals surface area contributed by atoms with Crippen LogP contribution in [0.5, 0.6) is 46.0 Å². The fraction of sp³-hybridized carbons (Fsp3) is 0.0870. The lowest BCUT2D eigenvalue weighted by molar-refractivity contribution is -0.252. The molecule has 23 heteroatoms. The molecule has 0 aliphatic heterocycles. The Morgan fingerprint density at radius 2 is 0.772 bits per heavy atom. The van der Waals surface area contributed by atoms with Crippen molar-refractivity contribution in [2.24, 2.45) is 11.7 Å². The number of nitriles is 7. The van der Waals surface area contributed by atoms with E-state index in [1.807, 2.05) is 164 Å². The molecule has 0 aliphatic carbocycles. The van der Waals surface area contributed by atoms with Crippen LogP contribution in [-0.2, 0) is 18.9 Å². The Kier molecular flexibility index (Phi) is 33.8. The number of aromatic nitrogens is 2. The zero-order valence-electron chi connectivity index (χ0n) is 49.9. The minimum Gasteiger partial charge on any atom is -0.505 e. The van der Waals surface area contributed by atoms with Crippen molar-refractivity contribution in [3.63, 3.8) is 0 Å². The lowest BCUT2D eigenvalue weighted by Gasteiger charge is -2.08. The smallest absolute Gasteiger partial charge is 0.335 e. The second kappa shape index (κ2) is 42.5. The van der Waals surface area contributed by atoms with Crippen molar-refractivity contribution >= 4 is 23.3 Å². The summed E-state index contributed by atoms with van der Waals surface area (Å²) in [5.74, 6) is 12.7. The zero-order valence-corrected chi connectivity index (χ0v) is 49.9. The summed E-state index contributed by atoms with van der Waals surface area (Å²) in [5.41, 5.74) is 8.34. The molecule has 9 rings (SSSR count). The first-order chi connectivity index (χ1) is 44.8. The van der Waals surface area contributed by atoms with E-state index in [4.69, 9.17) is 71.4 Å². The predicted molar refractivity (Wildman–Crippen MR) is 340 cm³/mol. The molecule has 0 radical (unpaired) electrons. The first-order valence-electron chi connectivity index (χ1n) is 26.6. The van der Waals surface area contributed by atoms with Crippen LogP contribution in [0.2, 0.25) is 0 Å². The van der Waals surface area contributed by atoms with Gasteiger partial charge >= 0.3 is 5.97 Å². The second-order valence-electron chi connectivity index (χ2n) is 17.1. The summed E-state index contributed by atoms with van der Waals surface area (Å²) in [6, 6.07) is 77.0. The summed E-state index contributed by atoms with van der Waals surface area (Å²) in [5, 5.41) is 84.6. The van der Waals surface area contributed by atoms with Crippen LogP contribution in [0.15, 0.2) is 230 Å². The minimum atomic E-state index is -0.939. The maximum atomic E-state index is 10.6. The molecule has 9 N–H and O–H groups in total. The van der Waals surface area contributed by atoms with E-state index in [0.717, 1.165) is 28.6 Å². The van der Waals surface area contributed by atoms with Crippen molar-refractivity contribution in [1.29, 1.82) is 36.8 Å². The molecular formula is C69H60N12O11. The SMILES string of the molecule is COC(=C(C#N)C#N)c1ccc(Oc2ccccc2)cc1.COC(OC)OC.N#CC(C#N)=C(O)c1ccc(Oc2ccccc2)cc1.N#CCC#N.N#Cc1c(N)n[nH]c1-c1ccc(Oc2ccccc2)cc1.NN.O=C(O)c1ccc(Oc2ccccc2)cc1. The van der Waals surface area contributed by atoms with E-state index in [-0.39, 0.29) is 40.5 Å². The van der Waals surface area contributed by atoms with Gasteiger partial charge in [0.05, 0.1) is 30.5 Å². The Morgan fingerprint density at radius 3 is 1.04 bits per heavy atom. The number of anilines is 1. The predicted octanol–water partition coefficient (Wildman–Crippen LogP) is 13.6. The van der Waals surface area contributed by atoms with Crippen LogP contribution in [0.3, 0.4) is 0 Å². The Labute approximate surface area is 531 Å². The molecule has 8 aromatic carbocycles. The topological polar surface area (TPSA) is 405 Å². The highest BCUT2D eigenvalue weighted by molar-refractivity contribution is 5.87. The first kappa shape index (κ1) is 73.0. The molecule has 9 aromatic rings. The zero-order chi connectivity index (χ0) is 67.3. The van der Waals surface area contributed by atoms with Crippen molar-refractivity contribution in [2.45, 2.75) is 12.9 Å². The van der Waals surface area contributed by atoms with Crippen LogP contribution < -0.4 is 36.4 Å². The number of hydrazine groups is 1. The van der Waals surface area contributed by atoms with Gasteiger partial charge in [0.2, 0.25) is 0 Å². The molecule has 23 nitrogen and oxygen atoms in total. The fourth-order valence-electron chi connectivity index (χ4n) is 6.98. The molecule has 0 atom stereocenters. The standard InChI is InChI=1S/C17H12N2O2.C16H12N4O.C16H10N2O2.C13H10O3.C4H10O3.C3H2N2.H4N2/c1-20-17(14(11-18)12-19)13-7-9-16(10-8-13)21-15-5-3-2-4-6-15;17-10-14-15(19-20-16(14)18)11-6-8-13(9-7-11)21-12-4-2-1-3-5-12;17-10-13(11-18)16(19)12-6-8-15(9-7-12)20-14-4-2-1-3-5-14;14-13(15)10-6-8-12(9-7-10)16-11-4-2-1-3-5-11;1-5-4(6-2)7-3;4-2-1-3-5;1-2/h2-10H,1H3;1-9H,(H3,18,19,20);1-9,19H;1-9H,(H,14,15);4H,1-3H3;1H2;1-2H2. The number of aliphatic hydroxyl groups is 1. The normalized spacial score (nSPS) is 9.13. The van der Waals surface area contributed by atoms with Gasteiger partial charge < -0.3 is 53.8 Å². The molecule has 0 bridgehead atoms. The van der Waals surface area contributed by atoms with Gasteiger partial charge in [-0.3, -0.25) is 16.8 Å². The van der Waals surface area contributed by atoms with Crippen molar-refractivity contribution in [1.82, 2.24) is 10.2 Å². The number of H-pyrrole nitrogens is 1. The molecule has 0 saturated heterocycles. The van der Waals surface area contributed by atoms with E-state index >= 15 is 0 Å². The largest absolute Gasteiger partial charge is 0.505 e. The van der Waals surface area contributed by atoms with Gasteiger partial charge in [0.25, 0.3) is 6.48 Å². The number of nitrogens with one attached hydrogen (secondary N) is 1. The number of hydrogen-bond acceptors (Lipinski definition) is 21. The quantitative estimate of drug-likeness (QED) is 0.0172. The molecule has 0 aliphatic rings. The number of methoxy groups -OCH3 is 4. The van der Waals surface area contributed by atoms with Crippen molar-refractivity contribution in [2.75, 3.05) is 34.2 Å². The van der Waals surface area contributed by atoms with E-state index in [1.165, 1.54) is 40.6 Å². The molecule has 92 heavy (non-hydrogen) atoms. The number of carboxylic acid groups (broad SMARTS) is 1. The van der Waals surface area contributed by atoms with Gasteiger partial charge in [-0.25, -0.2) is 4.79 Å². The number of nitrogens with zero attached hydrogens (tertiary/aromatic N) is 8. The van der Waals surface area contributed by atoms with E-state index in [2.05, 4.69) is 36.1 Å². The Balaban J connectivity index is 0.000000300. The lowest BCUT2D eigenvalue weighted by atomic mass is 10.1. The fourth-order valence-corrected chi connectivity index (χ4v) is 6.98. The van der Waals surface area contributed by atoms with Crippen LogP contribution in [0, 0.1) is 79.3 Å². The number of allylic oxidation sites excluding steroid dienone is 2. The van der Waals surface area contributed by atoms with Crippen LogP contribution in [-0.4, -0.2) is 61.3 Å². The van der Waals surface area contributed by atoms with Crippen LogP contribution in [0.4, 0.5) is 5.82 Å². The van der Waals surface area contributed by atoms with Crippen molar-refractivity contribution in [3.8, 4) is 99.7 Å². The number of ether oxygens (including phenoxy) is 8. The average Bonchev–Trinajstić information content (AvgIpc) is 2.06. The molecular weight excluding hydrogens is 1170 g/mol. The summed E-state index contributed by atoms with van der Waals surface area (Å²) in [7, 11) is 5.96. The number of hydrogen-bond donors (Lipinski definition) is 6. The van der Waals surface area contributed by atoms with E-state index in [0.29, 0.717) is 45.4 Å². The van der Waals surface area contributed by atoms with Gasteiger partial charge in [-0.15, -0.1) is 0 Å². The summed E-state index contributed by atoms with van der Waals surface area (Å²) >= 11 is 0. The number of para-hydroxylation sites is 4. The molecule has 0 fully saturated rings. The summed E-state index contributed by atoms with van der Waals surface area (Å²) in [4.78, 5) is 10.6. The minimum absolute atomic E-state index is 0. The van der Waals surface area contributed by atoms with Gasteiger partial charge in [0.15, 0.2) is 28.5 Å². The summed E-state index contributed by atoms with van der Waals surface area (Å²) in [6.07, 6.45) is 0. The van der Waals surface area contributed by atoms with Crippen LogP contribution in [0.1, 0.15) is 33.5 Å². The Morgan fingerprint density at radius 1 is 0.457 bits per heavy atom. The summed E-state index contributed by atoms with van der Waals surface area (Å²) < 4.78 is 41.5. The third-order valence-corrected chi connectivity index (χ3v) is 11.2. The number of aromatic amines is 1. The first-order valence-corrected chi connectivity index (χ1v) is 26.6. The molecule has 0 unspecified atom stereocenters. The third-order valence-electron chi connectivity index (χ3n) is 11.2. The van der Waals surface area contributed by atoms with E-state index in [9.17, 15) is 9.90 Å². The van der Waals surface area contributed by atoms with Gasteiger partial charge in [-0.05, 0) is 146 Å². The van der Waals surface area contributed by atoms with Gasteiger partial charge in [-0.2, -0.15) is 41.9 Å². The monoisotopic (exact) mass is 1230 g/mol. The van der Waals surface area contributed by atoms with E-state index < -0.39 is 12.4 Å². The van der Waals surface area contributed by atoms with Crippen molar-refractivity contribution in [3.05, 3.63) is 252 Å². The third kappa shape index (κ3) is 25.4. The molecule has 1 heterocycles. The second-order valence-corrected chi connectivity index (χ2v) is 17.1. The number of carbonyl (C=O) groups is 1. The van der Waals surface area contributed by atoms with Gasteiger partial charge in [0, 0.05) is 38.0 Å². The van der Waals surface area contributed by atoms with E-state index in [1.54, 1.807) is 84.9 Å². The molecule has 1 aromatic heterocycles. The number of aliphatic hydroxyl groups excluding tert-OH is 1. The highest BCUT2D eigenvalue weighted by Gasteiger charge is 2.13. The summed E-state index contributed by atoms with van der Waals surface area (Å²) in [6.45, 7) is -0.514. The van der Waals surface area contributed by atoms with Gasteiger partial charge in [0.1, 0.15) is 88.3 Å². The lowest BCUT2D eigenvalue weighted by Crippen LogP contribution is -2.14. The Hall–Kier alpha value is -13.3. The number of aromatic carboxylic acids is 1. The maximum Gasteiger partial charge on any atom is 0.335 e. The number of rotatable bonds is 16. The number of carboxylic acids is 1. The molecule has 462 valence electrons. The van der Waals surface area contributed by atoms with Crippen LogP contribution in [0.25, 0.3) is 22.8 Å². The Bertz CT molecular complexity index is 3980. The number of nitrogens with two attached hydrogens (primary N) is 3. The van der Waals surface area contributed by atoms with Crippen LogP contribution >= 0.6 is 0 Å². The van der Waals surface area contributed by atoms with Gasteiger partial charge in [-0.1, -0.05) is 72.8 Å². The number of benzene rings is 8.